The van der Waals surface area contributed by atoms with E-state index in [-0.39, 0.29) is 5.75 Å². The Morgan fingerprint density at radius 1 is 1.12 bits per heavy atom. The lowest BCUT2D eigenvalue weighted by atomic mass is 10.3. The third-order valence-corrected chi connectivity index (χ3v) is 4.55. The number of piperazine rings is 1. The zero-order valence-corrected chi connectivity index (χ0v) is 15.2. The van der Waals surface area contributed by atoms with Crippen LogP contribution in [0, 0.1) is 0 Å². The summed E-state index contributed by atoms with van der Waals surface area (Å²) in [5.74, 6) is 0.246. The largest absolute Gasteiger partial charge is 0.573 e. The molecule has 1 aromatic rings. The molecule has 8 heteroatoms. The Bertz CT molecular complexity index is 521. The first-order valence-corrected chi connectivity index (χ1v) is 8.79. The fourth-order valence-corrected chi connectivity index (χ4v) is 3.07. The monoisotopic (exact) mass is 410 g/mol. The van der Waals surface area contributed by atoms with Crippen LogP contribution in [-0.4, -0.2) is 62.0 Å². The summed E-state index contributed by atoms with van der Waals surface area (Å²) in [6.45, 7) is 9.09. The lowest BCUT2D eigenvalue weighted by molar-refractivity contribution is -0.274. The molecule has 2 rings (SSSR count). The first kappa shape index (κ1) is 19.3. The topological polar surface area (TPSA) is 24.9 Å². The van der Waals surface area contributed by atoms with Crippen molar-refractivity contribution in [2.75, 3.05) is 45.9 Å². The highest BCUT2D eigenvalue weighted by molar-refractivity contribution is 9.10. The maximum Gasteiger partial charge on any atom is 0.573 e. The number of ether oxygens (including phenoxy) is 2. The first-order chi connectivity index (χ1) is 11.4. The van der Waals surface area contributed by atoms with Gasteiger partial charge in [0, 0.05) is 32.7 Å². The second-order valence-electron chi connectivity index (χ2n) is 5.62. The first-order valence-electron chi connectivity index (χ1n) is 8.00. The number of hydrogen-bond acceptors (Lipinski definition) is 4. The van der Waals surface area contributed by atoms with E-state index >= 15 is 0 Å². The molecule has 1 heterocycles. The van der Waals surface area contributed by atoms with Gasteiger partial charge < -0.3 is 19.3 Å². The molecule has 1 fully saturated rings. The summed E-state index contributed by atoms with van der Waals surface area (Å²) in [6, 6.07) is 3.98. The molecule has 0 aromatic heterocycles. The summed E-state index contributed by atoms with van der Waals surface area (Å²) in [6.07, 6.45) is -3.82. The van der Waals surface area contributed by atoms with Crippen LogP contribution in [0.4, 0.5) is 13.2 Å². The van der Waals surface area contributed by atoms with E-state index in [1.54, 1.807) is 0 Å². The van der Waals surface area contributed by atoms with Gasteiger partial charge in [0.25, 0.3) is 0 Å². The van der Waals surface area contributed by atoms with Crippen molar-refractivity contribution in [3.8, 4) is 11.5 Å². The molecular formula is C16H22BrF3N2O2. The fourth-order valence-electron chi connectivity index (χ4n) is 2.60. The Kier molecular flexibility index (Phi) is 7.18. The van der Waals surface area contributed by atoms with Crippen molar-refractivity contribution in [2.45, 2.75) is 19.7 Å². The summed E-state index contributed by atoms with van der Waals surface area (Å²) >= 11 is 3.21. The van der Waals surface area contributed by atoms with Crippen molar-refractivity contribution in [1.82, 2.24) is 9.80 Å². The van der Waals surface area contributed by atoms with E-state index in [4.69, 9.17) is 4.74 Å². The van der Waals surface area contributed by atoms with Crippen molar-refractivity contribution in [3.05, 3.63) is 22.7 Å². The molecule has 1 aliphatic heterocycles. The molecule has 24 heavy (non-hydrogen) atoms. The molecule has 0 saturated carbocycles. The molecule has 0 spiro atoms. The molecule has 1 saturated heterocycles. The highest BCUT2D eigenvalue weighted by Crippen LogP contribution is 2.32. The van der Waals surface area contributed by atoms with Gasteiger partial charge in [-0.05, 0) is 47.1 Å². The number of hydrogen-bond donors (Lipinski definition) is 0. The number of rotatable bonds is 7. The molecule has 1 aromatic carbocycles. The fraction of sp³-hybridized carbons (Fsp3) is 0.625. The normalized spacial score (nSPS) is 17.0. The van der Waals surface area contributed by atoms with Gasteiger partial charge in [0.15, 0.2) is 0 Å². The van der Waals surface area contributed by atoms with Gasteiger partial charge in [-0.1, -0.05) is 6.92 Å². The lowest BCUT2D eigenvalue weighted by Crippen LogP contribution is -2.46. The summed E-state index contributed by atoms with van der Waals surface area (Å²) in [5, 5.41) is 0. The third kappa shape index (κ3) is 6.49. The average molecular weight is 411 g/mol. The number of halogens is 4. The number of likely N-dealkylation sites (N-methyl/N-ethyl adjacent to an activating group) is 1. The second-order valence-corrected chi connectivity index (χ2v) is 6.47. The summed E-state index contributed by atoms with van der Waals surface area (Å²) in [7, 11) is 0. The smallest absolute Gasteiger partial charge is 0.492 e. The Hall–Kier alpha value is -0.990. The highest BCUT2D eigenvalue weighted by Gasteiger charge is 2.31. The average Bonchev–Trinajstić information content (AvgIpc) is 2.52. The zero-order chi connectivity index (χ0) is 17.6. The van der Waals surface area contributed by atoms with Gasteiger partial charge >= 0.3 is 6.36 Å². The van der Waals surface area contributed by atoms with E-state index in [0.717, 1.165) is 45.7 Å². The van der Waals surface area contributed by atoms with Gasteiger partial charge in [-0.25, -0.2) is 0 Å². The zero-order valence-electron chi connectivity index (χ0n) is 13.6. The summed E-state index contributed by atoms with van der Waals surface area (Å²) < 4.78 is 46.5. The lowest BCUT2D eigenvalue weighted by Gasteiger charge is -2.33. The van der Waals surface area contributed by atoms with Crippen molar-refractivity contribution in [1.29, 1.82) is 0 Å². The molecule has 0 unspecified atom stereocenters. The Morgan fingerprint density at radius 2 is 1.79 bits per heavy atom. The third-order valence-electron chi connectivity index (χ3n) is 3.93. The highest BCUT2D eigenvalue weighted by atomic mass is 79.9. The Labute approximate surface area is 148 Å². The molecule has 0 amide bonds. The van der Waals surface area contributed by atoms with E-state index in [1.165, 1.54) is 18.2 Å². The van der Waals surface area contributed by atoms with Crippen LogP contribution in [-0.2, 0) is 0 Å². The van der Waals surface area contributed by atoms with Crippen LogP contribution in [0.25, 0.3) is 0 Å². The van der Waals surface area contributed by atoms with E-state index in [0.29, 0.717) is 16.8 Å². The number of benzene rings is 1. The van der Waals surface area contributed by atoms with E-state index < -0.39 is 6.36 Å². The van der Waals surface area contributed by atoms with Crippen LogP contribution < -0.4 is 9.47 Å². The molecular weight excluding hydrogens is 389 g/mol. The van der Waals surface area contributed by atoms with Gasteiger partial charge in [0.1, 0.15) is 11.5 Å². The molecule has 0 radical (unpaired) electrons. The van der Waals surface area contributed by atoms with E-state index in [9.17, 15) is 13.2 Å². The Balaban J connectivity index is 1.71. The number of alkyl halides is 3. The van der Waals surface area contributed by atoms with Crippen LogP contribution in [0.2, 0.25) is 0 Å². The maximum atomic E-state index is 12.2. The number of nitrogens with zero attached hydrogens (tertiary/aromatic N) is 2. The van der Waals surface area contributed by atoms with Gasteiger partial charge in [0.05, 0.1) is 11.1 Å². The quantitative estimate of drug-likeness (QED) is 0.639. The summed E-state index contributed by atoms with van der Waals surface area (Å²) in [5.41, 5.74) is 0. The van der Waals surface area contributed by atoms with Crippen LogP contribution >= 0.6 is 15.9 Å². The second kappa shape index (κ2) is 8.92. The molecule has 0 bridgehead atoms. The molecule has 4 nitrogen and oxygen atoms in total. The van der Waals surface area contributed by atoms with Crippen molar-refractivity contribution in [2.24, 2.45) is 0 Å². The SMILES string of the molecule is CCN1CCN(CCCOc2ccc(OC(F)(F)F)cc2Br)CC1. The maximum absolute atomic E-state index is 12.2. The van der Waals surface area contributed by atoms with Crippen LogP contribution in [0.15, 0.2) is 22.7 Å². The minimum absolute atomic E-state index is 0.268. The predicted molar refractivity (Wildman–Crippen MR) is 89.5 cm³/mol. The minimum atomic E-state index is -4.69. The van der Waals surface area contributed by atoms with Crippen LogP contribution in [0.5, 0.6) is 11.5 Å². The van der Waals surface area contributed by atoms with Crippen LogP contribution in [0.3, 0.4) is 0 Å². The molecule has 136 valence electrons. The molecule has 0 aliphatic carbocycles. The van der Waals surface area contributed by atoms with Gasteiger partial charge in [-0.3, -0.25) is 0 Å². The molecule has 0 N–H and O–H groups in total. The minimum Gasteiger partial charge on any atom is -0.492 e. The van der Waals surface area contributed by atoms with Crippen molar-refractivity contribution in [3.63, 3.8) is 0 Å². The van der Waals surface area contributed by atoms with Gasteiger partial charge in [-0.15, -0.1) is 13.2 Å². The summed E-state index contributed by atoms with van der Waals surface area (Å²) in [4.78, 5) is 4.83. The molecule has 1 aliphatic rings. The Morgan fingerprint density at radius 3 is 2.38 bits per heavy atom. The predicted octanol–water partition coefficient (Wildman–Crippen LogP) is 3.75. The van der Waals surface area contributed by atoms with Gasteiger partial charge in [0.2, 0.25) is 0 Å². The van der Waals surface area contributed by atoms with Gasteiger partial charge in [-0.2, -0.15) is 0 Å². The standard InChI is InChI=1S/C16H22BrF3N2O2/c1-2-21-7-9-22(10-8-21)6-3-11-23-15-5-4-13(12-14(15)17)24-16(18,19)20/h4-5,12H,2-3,6-11H2,1H3. The van der Waals surface area contributed by atoms with Crippen molar-refractivity contribution >= 4 is 15.9 Å². The van der Waals surface area contributed by atoms with E-state index in [1.807, 2.05) is 0 Å². The van der Waals surface area contributed by atoms with Crippen LogP contribution in [0.1, 0.15) is 13.3 Å². The molecule has 0 atom stereocenters. The van der Waals surface area contributed by atoms with Crippen molar-refractivity contribution < 1.29 is 22.6 Å². The van der Waals surface area contributed by atoms with E-state index in [2.05, 4.69) is 37.4 Å².